The molecule has 0 radical (unpaired) electrons. The third kappa shape index (κ3) is 5.23. The van der Waals surface area contributed by atoms with Gasteiger partial charge in [0.05, 0.1) is 20.9 Å². The molecule has 0 N–H and O–H groups in total. The fourth-order valence-corrected chi connectivity index (χ4v) is 5.60. The van der Waals surface area contributed by atoms with Gasteiger partial charge in [-0.05, 0) is 44.0 Å². The largest absolute Gasteiger partial charge is 0.456 e. The number of nitro groups is 1. The first-order valence-corrected chi connectivity index (χ1v) is 11.8. The monoisotopic (exact) mass is 536 g/mol. The molecule has 0 aliphatic carbocycles. The first-order chi connectivity index (χ1) is 15.6. The molecule has 1 aliphatic heterocycles. The van der Waals surface area contributed by atoms with Gasteiger partial charge in [-0.15, -0.1) is 11.8 Å². The van der Waals surface area contributed by atoms with E-state index in [1.54, 1.807) is 0 Å². The van der Waals surface area contributed by atoms with Crippen LogP contribution in [-0.2, 0) is 6.18 Å². The van der Waals surface area contributed by atoms with E-state index < -0.39 is 38.5 Å². The van der Waals surface area contributed by atoms with Crippen molar-refractivity contribution in [1.82, 2.24) is 4.90 Å². The zero-order chi connectivity index (χ0) is 25.6. The Morgan fingerprint density at radius 1 is 1.24 bits per heavy atom. The normalized spacial score (nSPS) is 20.0. The zero-order valence-electron chi connectivity index (χ0n) is 18.5. The number of rotatable bonds is 5. The second kappa shape index (κ2) is 9.47. The Morgan fingerprint density at radius 2 is 1.88 bits per heavy atom. The highest BCUT2D eigenvalue weighted by Crippen LogP contribution is 2.49. The number of halogens is 5. The molecule has 1 heterocycles. The molecule has 6 nitrogen and oxygen atoms in total. The predicted octanol–water partition coefficient (Wildman–Crippen LogP) is 7.57. The first kappa shape index (κ1) is 26.4. The van der Waals surface area contributed by atoms with E-state index in [9.17, 15) is 28.1 Å². The van der Waals surface area contributed by atoms with Crippen molar-refractivity contribution >= 4 is 46.6 Å². The molecule has 12 heteroatoms. The van der Waals surface area contributed by atoms with Crippen LogP contribution in [0.15, 0.2) is 36.4 Å². The Kier molecular flexibility index (Phi) is 7.36. The molecule has 1 fully saturated rings. The average molecular weight is 537 g/mol. The number of hydrogen-bond acceptors (Lipinski definition) is 5. The molecule has 2 atom stereocenters. The summed E-state index contributed by atoms with van der Waals surface area (Å²) >= 11 is 14.1. The number of ether oxygens (including phenoxy) is 1. The summed E-state index contributed by atoms with van der Waals surface area (Å²) in [6, 6.07) is 6.06. The number of hydrogen-bond donors (Lipinski definition) is 0. The number of amides is 1. The highest BCUT2D eigenvalue weighted by atomic mass is 35.5. The van der Waals surface area contributed by atoms with Gasteiger partial charge in [-0.25, -0.2) is 0 Å². The summed E-state index contributed by atoms with van der Waals surface area (Å²) in [4.78, 5) is 25.9. The lowest BCUT2D eigenvalue weighted by atomic mass is 10.1. The van der Waals surface area contributed by atoms with Crippen LogP contribution in [0.2, 0.25) is 5.02 Å². The second-order valence-corrected chi connectivity index (χ2v) is 11.2. The van der Waals surface area contributed by atoms with E-state index >= 15 is 0 Å². The van der Waals surface area contributed by atoms with Crippen LogP contribution < -0.4 is 4.74 Å². The number of carbonyl (C=O) groups is 1. The molecule has 184 valence electrons. The summed E-state index contributed by atoms with van der Waals surface area (Å²) < 4.78 is 43.8. The lowest BCUT2D eigenvalue weighted by molar-refractivity contribution is -0.385. The molecule has 1 amide bonds. The van der Waals surface area contributed by atoms with Crippen molar-refractivity contribution in [2.75, 3.05) is 0 Å². The molecule has 1 saturated heterocycles. The number of alkyl halides is 4. The predicted molar refractivity (Wildman–Crippen MR) is 126 cm³/mol. The number of nitrogens with zero attached hydrogens (tertiary/aromatic N) is 2. The highest BCUT2D eigenvalue weighted by Gasteiger charge is 2.50. The van der Waals surface area contributed by atoms with Crippen molar-refractivity contribution in [1.29, 1.82) is 0 Å². The molecule has 3 rings (SSSR count). The molecule has 2 aromatic rings. The summed E-state index contributed by atoms with van der Waals surface area (Å²) in [5.41, 5.74) is -2.38. The summed E-state index contributed by atoms with van der Waals surface area (Å²) in [7, 11) is 0. The van der Waals surface area contributed by atoms with Crippen LogP contribution in [0.5, 0.6) is 11.5 Å². The van der Waals surface area contributed by atoms with Gasteiger partial charge in [0.1, 0.15) is 22.6 Å². The van der Waals surface area contributed by atoms with Crippen LogP contribution in [0.4, 0.5) is 18.9 Å². The highest BCUT2D eigenvalue weighted by molar-refractivity contribution is 8.01. The molecule has 34 heavy (non-hydrogen) atoms. The van der Waals surface area contributed by atoms with Crippen LogP contribution in [0, 0.1) is 16.0 Å². The van der Waals surface area contributed by atoms with Crippen molar-refractivity contribution < 1.29 is 27.6 Å². The molecule has 0 aromatic heterocycles. The van der Waals surface area contributed by atoms with Gasteiger partial charge in [0.15, 0.2) is 0 Å². The molecule has 1 aliphatic rings. The second-order valence-electron chi connectivity index (χ2n) is 8.59. The number of benzene rings is 2. The third-order valence-electron chi connectivity index (χ3n) is 5.20. The Morgan fingerprint density at radius 3 is 2.41 bits per heavy atom. The fraction of sp³-hybridized carbons (Fsp3) is 0.409. The third-order valence-corrected chi connectivity index (χ3v) is 8.23. The van der Waals surface area contributed by atoms with Gasteiger partial charge in [-0.2, -0.15) is 13.2 Å². The minimum atomic E-state index is -4.58. The van der Waals surface area contributed by atoms with E-state index in [0.29, 0.717) is 6.07 Å². The van der Waals surface area contributed by atoms with E-state index in [1.807, 2.05) is 27.7 Å². The van der Waals surface area contributed by atoms with E-state index in [4.69, 9.17) is 27.9 Å². The van der Waals surface area contributed by atoms with E-state index in [0.717, 1.165) is 18.2 Å². The maximum atomic E-state index is 13.5. The van der Waals surface area contributed by atoms with Gasteiger partial charge in [0, 0.05) is 16.9 Å². The van der Waals surface area contributed by atoms with Crippen molar-refractivity contribution in [3.05, 3.63) is 62.7 Å². The summed E-state index contributed by atoms with van der Waals surface area (Å²) in [5, 5.41) is 11.0. The van der Waals surface area contributed by atoms with Crippen LogP contribution in [-0.4, -0.2) is 31.4 Å². The lowest BCUT2D eigenvalue weighted by Gasteiger charge is -2.30. The van der Waals surface area contributed by atoms with Crippen molar-refractivity contribution in [3.8, 4) is 11.5 Å². The van der Waals surface area contributed by atoms with Crippen LogP contribution in [0.25, 0.3) is 0 Å². The Bertz CT molecular complexity index is 1130. The Labute approximate surface area is 208 Å². The maximum absolute atomic E-state index is 13.5. The minimum absolute atomic E-state index is 0.00561. The van der Waals surface area contributed by atoms with E-state index in [2.05, 4.69) is 0 Å². The van der Waals surface area contributed by atoms with Crippen molar-refractivity contribution in [3.63, 3.8) is 0 Å². The van der Waals surface area contributed by atoms with Crippen LogP contribution >= 0.6 is 35.0 Å². The van der Waals surface area contributed by atoms with Gasteiger partial charge in [-0.3, -0.25) is 14.9 Å². The molecular formula is C22H21Cl2F3N2O4S. The lowest BCUT2D eigenvalue weighted by Crippen LogP contribution is -2.44. The molecule has 2 aromatic carbocycles. The average Bonchev–Trinajstić information content (AvgIpc) is 2.97. The topological polar surface area (TPSA) is 72.7 Å². The van der Waals surface area contributed by atoms with E-state index in [-0.39, 0.29) is 33.4 Å². The maximum Gasteiger partial charge on any atom is 0.416 e. The van der Waals surface area contributed by atoms with Crippen molar-refractivity contribution in [2.24, 2.45) is 5.92 Å². The Hall–Kier alpha value is -2.17. The standard InChI is InChI=1S/C22H21Cl2F3N2O4S/c1-11(2)19-28(20(24)21(3,4)34-19)18(30)14-10-13(6-7-16(14)29(31)32)33-17-8-5-12(9-15(17)23)22(25,26)27/h5-11,19-20H,1-4H3. The number of thioether (sulfide) groups is 1. The summed E-state index contributed by atoms with van der Waals surface area (Å²) in [5.74, 6) is -0.738. The molecular weight excluding hydrogens is 516 g/mol. The minimum Gasteiger partial charge on any atom is -0.456 e. The number of carbonyl (C=O) groups excluding carboxylic acids is 1. The summed E-state index contributed by atoms with van der Waals surface area (Å²) in [6.45, 7) is 7.62. The van der Waals surface area contributed by atoms with Crippen LogP contribution in [0.1, 0.15) is 43.6 Å². The molecule has 0 bridgehead atoms. The van der Waals surface area contributed by atoms with Gasteiger partial charge < -0.3 is 9.64 Å². The zero-order valence-corrected chi connectivity index (χ0v) is 20.8. The van der Waals surface area contributed by atoms with Crippen LogP contribution in [0.3, 0.4) is 0 Å². The van der Waals surface area contributed by atoms with Gasteiger partial charge in [0.25, 0.3) is 11.6 Å². The smallest absolute Gasteiger partial charge is 0.416 e. The van der Waals surface area contributed by atoms with Crippen molar-refractivity contribution in [2.45, 2.75) is 49.5 Å². The van der Waals surface area contributed by atoms with Gasteiger partial charge >= 0.3 is 6.18 Å². The van der Waals surface area contributed by atoms with Gasteiger partial charge in [0.2, 0.25) is 0 Å². The van der Waals surface area contributed by atoms with Gasteiger partial charge in [-0.1, -0.05) is 37.0 Å². The SMILES string of the molecule is CC(C)C1SC(C)(C)C(Cl)N1C(=O)c1cc(Oc2ccc(C(F)(F)F)cc2Cl)ccc1[N+](=O)[O-]. The quantitative estimate of drug-likeness (QED) is 0.170. The molecule has 0 saturated carbocycles. The van der Waals surface area contributed by atoms with E-state index in [1.165, 1.54) is 28.8 Å². The number of nitro benzene ring substituents is 1. The summed E-state index contributed by atoms with van der Waals surface area (Å²) in [6.07, 6.45) is -4.58. The fourth-order valence-electron chi connectivity index (χ4n) is 3.50. The molecule has 2 unspecified atom stereocenters. The Balaban J connectivity index is 2.00. The molecule has 0 spiro atoms. The first-order valence-electron chi connectivity index (χ1n) is 10.1.